The van der Waals surface area contributed by atoms with E-state index in [1.165, 1.54) is 12.1 Å². The van der Waals surface area contributed by atoms with Crippen LogP contribution in [0.3, 0.4) is 0 Å². The summed E-state index contributed by atoms with van der Waals surface area (Å²) in [6.07, 6.45) is -4.23. The standard InChI is InChI=1S/C17H19F3N2O5/c18-17(19,20)10-27-12-3-1-11(2-4-12)14-7-15(22-16(23)21-14)26-9-13-8-24-5-6-25-13/h1-4,7,13,16,21,23H,5-6,8-10H2/t13-,16?/m1/s1. The minimum absolute atomic E-state index is 0.0904. The van der Waals surface area contributed by atoms with Gasteiger partial charge >= 0.3 is 6.18 Å². The molecular weight excluding hydrogens is 369 g/mol. The number of halogens is 3. The maximum atomic E-state index is 12.2. The molecule has 0 saturated carbocycles. The third-order valence-corrected chi connectivity index (χ3v) is 3.67. The predicted molar refractivity (Wildman–Crippen MR) is 89.1 cm³/mol. The van der Waals surface area contributed by atoms with Gasteiger partial charge in [0.2, 0.25) is 12.2 Å². The Kier molecular flexibility index (Phi) is 6.19. The zero-order valence-corrected chi connectivity index (χ0v) is 14.2. The van der Waals surface area contributed by atoms with Crippen LogP contribution in [0.2, 0.25) is 0 Å². The molecule has 2 aliphatic heterocycles. The topological polar surface area (TPSA) is 81.5 Å². The van der Waals surface area contributed by atoms with Gasteiger partial charge in [0.15, 0.2) is 6.61 Å². The van der Waals surface area contributed by atoms with Crippen molar-refractivity contribution in [3.8, 4) is 5.75 Å². The van der Waals surface area contributed by atoms with Gasteiger partial charge in [-0.2, -0.15) is 18.2 Å². The number of nitrogens with zero attached hydrogens (tertiary/aromatic N) is 1. The van der Waals surface area contributed by atoms with Crippen LogP contribution in [0.5, 0.6) is 5.75 Å². The molecule has 1 saturated heterocycles. The Hall–Kier alpha value is -2.30. The third-order valence-electron chi connectivity index (χ3n) is 3.67. The number of alkyl halides is 3. The first-order chi connectivity index (χ1) is 12.9. The fourth-order valence-electron chi connectivity index (χ4n) is 2.45. The molecule has 3 rings (SSSR count). The van der Waals surface area contributed by atoms with Gasteiger partial charge in [0.25, 0.3) is 0 Å². The van der Waals surface area contributed by atoms with Crippen LogP contribution in [-0.4, -0.2) is 62.7 Å². The predicted octanol–water partition coefficient (Wildman–Crippen LogP) is 1.68. The number of hydrogen-bond donors (Lipinski definition) is 2. The lowest BCUT2D eigenvalue weighted by Gasteiger charge is -2.24. The van der Waals surface area contributed by atoms with Crippen LogP contribution in [0.15, 0.2) is 35.3 Å². The van der Waals surface area contributed by atoms with Crippen LogP contribution >= 0.6 is 0 Å². The minimum Gasteiger partial charge on any atom is -0.484 e. The summed E-state index contributed by atoms with van der Waals surface area (Å²) in [7, 11) is 0. The van der Waals surface area contributed by atoms with Gasteiger partial charge in [0, 0.05) is 6.08 Å². The number of nitrogens with one attached hydrogen (secondary N) is 1. The van der Waals surface area contributed by atoms with Crippen LogP contribution in [0.25, 0.3) is 5.70 Å². The number of ether oxygens (including phenoxy) is 4. The van der Waals surface area contributed by atoms with Gasteiger partial charge in [-0.1, -0.05) is 0 Å². The van der Waals surface area contributed by atoms with Crippen LogP contribution < -0.4 is 10.1 Å². The Morgan fingerprint density at radius 3 is 2.63 bits per heavy atom. The number of benzene rings is 1. The smallest absolute Gasteiger partial charge is 0.422 e. The van der Waals surface area contributed by atoms with Crippen LogP contribution in [-0.2, 0) is 14.2 Å². The molecule has 0 aliphatic carbocycles. The lowest BCUT2D eigenvalue weighted by molar-refractivity contribution is -0.153. The van der Waals surface area contributed by atoms with E-state index in [1.54, 1.807) is 18.2 Å². The molecule has 1 aromatic rings. The Balaban J connectivity index is 1.61. The summed E-state index contributed by atoms with van der Waals surface area (Å²) in [4.78, 5) is 3.93. The Morgan fingerprint density at radius 2 is 1.96 bits per heavy atom. The molecule has 1 unspecified atom stereocenters. The quantitative estimate of drug-likeness (QED) is 0.799. The maximum absolute atomic E-state index is 12.2. The van der Waals surface area contributed by atoms with E-state index in [2.05, 4.69) is 15.0 Å². The molecule has 2 aliphatic rings. The van der Waals surface area contributed by atoms with Crippen molar-refractivity contribution >= 4 is 11.6 Å². The van der Waals surface area contributed by atoms with Crippen molar-refractivity contribution in [2.24, 2.45) is 4.99 Å². The lowest BCUT2D eigenvalue weighted by atomic mass is 10.1. The van der Waals surface area contributed by atoms with E-state index in [0.717, 1.165) is 0 Å². The highest BCUT2D eigenvalue weighted by atomic mass is 19.4. The van der Waals surface area contributed by atoms with Crippen molar-refractivity contribution < 1.29 is 37.2 Å². The summed E-state index contributed by atoms with van der Waals surface area (Å²) in [5.74, 6) is 0.301. The summed E-state index contributed by atoms with van der Waals surface area (Å²) in [6, 6.07) is 5.96. The molecular formula is C17H19F3N2O5. The van der Waals surface area contributed by atoms with E-state index in [-0.39, 0.29) is 24.4 Å². The Bertz CT molecular complexity index is 685. The monoisotopic (exact) mass is 388 g/mol. The molecule has 1 aromatic carbocycles. The molecule has 0 aromatic heterocycles. The van der Waals surface area contributed by atoms with E-state index in [9.17, 15) is 18.3 Å². The zero-order valence-electron chi connectivity index (χ0n) is 14.2. The molecule has 148 valence electrons. The maximum Gasteiger partial charge on any atom is 0.422 e. The van der Waals surface area contributed by atoms with Gasteiger partial charge in [0.05, 0.1) is 25.5 Å². The van der Waals surface area contributed by atoms with Gasteiger partial charge in [-0.25, -0.2) is 0 Å². The van der Waals surface area contributed by atoms with E-state index in [1.807, 2.05) is 0 Å². The molecule has 10 heteroatoms. The van der Waals surface area contributed by atoms with Gasteiger partial charge in [-0.15, -0.1) is 0 Å². The minimum atomic E-state index is -4.40. The molecule has 2 atom stereocenters. The summed E-state index contributed by atoms with van der Waals surface area (Å²) in [6.45, 7) is 0.328. The molecule has 27 heavy (non-hydrogen) atoms. The van der Waals surface area contributed by atoms with E-state index < -0.39 is 19.1 Å². The second kappa shape index (κ2) is 8.59. The molecule has 0 spiro atoms. The largest absolute Gasteiger partial charge is 0.484 e. The summed E-state index contributed by atoms with van der Waals surface area (Å²) in [5.41, 5.74) is 1.14. The first-order valence-electron chi connectivity index (χ1n) is 8.25. The van der Waals surface area contributed by atoms with E-state index >= 15 is 0 Å². The fraction of sp³-hybridized carbons (Fsp3) is 0.471. The molecule has 0 radical (unpaired) electrons. The van der Waals surface area contributed by atoms with Crippen LogP contribution in [0.4, 0.5) is 13.2 Å². The highest BCUT2D eigenvalue weighted by molar-refractivity contribution is 5.96. The van der Waals surface area contributed by atoms with Gasteiger partial charge in [0.1, 0.15) is 18.5 Å². The molecule has 0 bridgehead atoms. The van der Waals surface area contributed by atoms with Gasteiger partial charge < -0.3 is 29.4 Å². The second-order valence-electron chi connectivity index (χ2n) is 5.85. The van der Waals surface area contributed by atoms with Crippen LogP contribution in [0.1, 0.15) is 5.56 Å². The van der Waals surface area contributed by atoms with E-state index in [0.29, 0.717) is 31.1 Å². The molecule has 2 heterocycles. The highest BCUT2D eigenvalue weighted by Gasteiger charge is 2.28. The molecule has 2 N–H and O–H groups in total. The number of aliphatic hydroxyl groups is 1. The Morgan fingerprint density at radius 1 is 1.19 bits per heavy atom. The average molecular weight is 388 g/mol. The number of hydrogen-bond acceptors (Lipinski definition) is 7. The number of rotatable bonds is 5. The summed E-state index contributed by atoms with van der Waals surface area (Å²) >= 11 is 0. The normalized spacial score (nSPS) is 23.1. The highest BCUT2D eigenvalue weighted by Crippen LogP contribution is 2.22. The number of aliphatic imine (C=N–C) groups is 1. The first kappa shape index (κ1) is 19.5. The zero-order chi connectivity index (χ0) is 19.3. The van der Waals surface area contributed by atoms with Crippen molar-refractivity contribution in [3.63, 3.8) is 0 Å². The molecule has 7 nitrogen and oxygen atoms in total. The summed E-state index contributed by atoms with van der Waals surface area (Å²) < 4.78 is 57.6. The SMILES string of the molecule is OC1N=C(OC[C@H]2COCCO2)C=C(c2ccc(OCC(F)(F)F)cc2)N1. The van der Waals surface area contributed by atoms with Gasteiger partial charge in [-0.05, 0) is 29.8 Å². The second-order valence-corrected chi connectivity index (χ2v) is 5.85. The van der Waals surface area contributed by atoms with Crippen molar-refractivity contribution in [2.75, 3.05) is 33.0 Å². The fourth-order valence-corrected chi connectivity index (χ4v) is 2.45. The molecule has 1 fully saturated rings. The lowest BCUT2D eigenvalue weighted by Crippen LogP contribution is -2.35. The van der Waals surface area contributed by atoms with E-state index in [4.69, 9.17) is 14.2 Å². The summed E-state index contributed by atoms with van der Waals surface area (Å²) in [5, 5.41) is 12.6. The van der Waals surface area contributed by atoms with Crippen molar-refractivity contribution in [2.45, 2.75) is 18.6 Å². The number of aliphatic hydroxyl groups excluding tert-OH is 1. The van der Waals surface area contributed by atoms with Crippen molar-refractivity contribution in [1.82, 2.24) is 5.32 Å². The first-order valence-corrected chi connectivity index (χ1v) is 8.25. The average Bonchev–Trinajstić information content (AvgIpc) is 2.65. The Labute approximate surface area is 153 Å². The molecule has 0 amide bonds. The van der Waals surface area contributed by atoms with Crippen molar-refractivity contribution in [3.05, 3.63) is 35.9 Å². The van der Waals surface area contributed by atoms with Crippen molar-refractivity contribution in [1.29, 1.82) is 0 Å². The van der Waals surface area contributed by atoms with Crippen LogP contribution in [0, 0.1) is 0 Å². The van der Waals surface area contributed by atoms with Gasteiger partial charge in [-0.3, -0.25) is 0 Å². The third kappa shape index (κ3) is 6.12.